The van der Waals surface area contributed by atoms with Crippen LogP contribution in [0.2, 0.25) is 0 Å². The predicted molar refractivity (Wildman–Crippen MR) is 107 cm³/mol. The number of carbonyl (C=O) groups is 1. The summed E-state index contributed by atoms with van der Waals surface area (Å²) in [5.74, 6) is 5.79. The van der Waals surface area contributed by atoms with Gasteiger partial charge in [-0.25, -0.2) is 0 Å². The highest BCUT2D eigenvalue weighted by Crippen LogP contribution is 2.37. The van der Waals surface area contributed by atoms with Crippen molar-refractivity contribution in [1.29, 1.82) is 0 Å². The maximum atomic E-state index is 12.7. The molecule has 0 aliphatic heterocycles. The van der Waals surface area contributed by atoms with Crippen LogP contribution in [0.3, 0.4) is 0 Å². The molecule has 1 heterocycles. The molecule has 1 aromatic heterocycles. The SMILES string of the molecule is CCS/C(=N\N)NC(=O)[C@H](C)[C@H](c1ccccc1)c1ccc(Br)s1. The number of amidine groups is 1. The minimum atomic E-state index is -0.257. The summed E-state index contributed by atoms with van der Waals surface area (Å²) in [7, 11) is 0. The lowest BCUT2D eigenvalue weighted by Gasteiger charge is -2.23. The van der Waals surface area contributed by atoms with Gasteiger partial charge < -0.3 is 11.2 Å². The minimum Gasteiger partial charge on any atom is -0.321 e. The molecule has 2 aromatic rings. The number of amides is 1. The van der Waals surface area contributed by atoms with Crippen LogP contribution in [0.25, 0.3) is 0 Å². The van der Waals surface area contributed by atoms with Crippen molar-refractivity contribution in [2.75, 3.05) is 5.75 Å². The van der Waals surface area contributed by atoms with Crippen molar-refractivity contribution in [3.8, 4) is 0 Å². The summed E-state index contributed by atoms with van der Waals surface area (Å²) < 4.78 is 1.05. The third-order valence-electron chi connectivity index (χ3n) is 3.60. The van der Waals surface area contributed by atoms with Crippen LogP contribution < -0.4 is 11.2 Å². The molecule has 0 saturated heterocycles. The van der Waals surface area contributed by atoms with Crippen molar-refractivity contribution in [3.63, 3.8) is 0 Å². The van der Waals surface area contributed by atoms with E-state index in [0.717, 1.165) is 20.0 Å². The van der Waals surface area contributed by atoms with Gasteiger partial charge in [0, 0.05) is 16.7 Å². The number of rotatable bonds is 5. The molecule has 2 atom stereocenters. The Kier molecular flexibility index (Phi) is 7.33. The number of hydrogen-bond donors (Lipinski definition) is 2. The monoisotopic (exact) mass is 425 g/mol. The van der Waals surface area contributed by atoms with Crippen molar-refractivity contribution in [2.24, 2.45) is 16.9 Å². The summed E-state index contributed by atoms with van der Waals surface area (Å²) in [6.07, 6.45) is 0. The first-order valence-electron chi connectivity index (χ1n) is 7.58. The Hall–Kier alpha value is -1.31. The average molecular weight is 426 g/mol. The van der Waals surface area contributed by atoms with Crippen LogP contribution in [-0.4, -0.2) is 16.8 Å². The van der Waals surface area contributed by atoms with Gasteiger partial charge in [-0.15, -0.1) is 11.3 Å². The molecule has 0 spiro atoms. The van der Waals surface area contributed by atoms with Crippen molar-refractivity contribution in [1.82, 2.24) is 5.32 Å². The molecule has 0 bridgehead atoms. The van der Waals surface area contributed by atoms with E-state index in [4.69, 9.17) is 5.84 Å². The lowest BCUT2D eigenvalue weighted by Crippen LogP contribution is -2.36. The van der Waals surface area contributed by atoms with Gasteiger partial charge in [0.25, 0.3) is 0 Å². The molecule has 24 heavy (non-hydrogen) atoms. The van der Waals surface area contributed by atoms with E-state index >= 15 is 0 Å². The predicted octanol–water partition coefficient (Wildman–Crippen LogP) is 4.38. The Labute approximate surface area is 159 Å². The molecule has 0 fully saturated rings. The van der Waals surface area contributed by atoms with Gasteiger partial charge in [0.15, 0.2) is 5.17 Å². The third kappa shape index (κ3) is 4.84. The summed E-state index contributed by atoms with van der Waals surface area (Å²) in [6.45, 7) is 3.92. The summed E-state index contributed by atoms with van der Waals surface area (Å²) >= 11 is 6.58. The minimum absolute atomic E-state index is 0.0202. The lowest BCUT2D eigenvalue weighted by atomic mass is 9.85. The quantitative estimate of drug-likeness (QED) is 0.323. The molecule has 1 amide bonds. The highest BCUT2D eigenvalue weighted by atomic mass is 79.9. The number of carbonyl (C=O) groups excluding carboxylic acids is 1. The van der Waals surface area contributed by atoms with Gasteiger partial charge in [-0.2, -0.15) is 5.10 Å². The lowest BCUT2D eigenvalue weighted by molar-refractivity contribution is -0.123. The van der Waals surface area contributed by atoms with E-state index in [1.165, 1.54) is 11.8 Å². The zero-order valence-corrected chi connectivity index (χ0v) is 16.7. The molecule has 3 N–H and O–H groups in total. The summed E-state index contributed by atoms with van der Waals surface area (Å²) in [5, 5.41) is 6.94. The molecule has 0 aliphatic rings. The Morgan fingerprint density at radius 2 is 2.04 bits per heavy atom. The smallest absolute Gasteiger partial charge is 0.229 e. The first-order valence-corrected chi connectivity index (χ1v) is 10.2. The van der Waals surface area contributed by atoms with E-state index in [1.54, 1.807) is 11.3 Å². The van der Waals surface area contributed by atoms with Crippen LogP contribution >= 0.6 is 39.0 Å². The number of hydrogen-bond acceptors (Lipinski definition) is 5. The van der Waals surface area contributed by atoms with Crippen molar-refractivity contribution in [2.45, 2.75) is 19.8 Å². The van der Waals surface area contributed by atoms with Gasteiger partial charge in [-0.3, -0.25) is 4.79 Å². The molecule has 0 unspecified atom stereocenters. The number of hydrazone groups is 1. The summed E-state index contributed by atoms with van der Waals surface area (Å²) in [6, 6.07) is 14.2. The Bertz CT molecular complexity index is 703. The van der Waals surface area contributed by atoms with Crippen LogP contribution in [0.1, 0.15) is 30.2 Å². The van der Waals surface area contributed by atoms with Gasteiger partial charge in [0.1, 0.15) is 0 Å². The number of nitrogens with one attached hydrogen (secondary N) is 1. The zero-order valence-electron chi connectivity index (χ0n) is 13.5. The van der Waals surface area contributed by atoms with E-state index in [2.05, 4.69) is 44.5 Å². The first kappa shape index (κ1) is 19.0. The molecular formula is C17H20BrN3OS2. The fourth-order valence-corrected chi connectivity index (χ4v) is 4.65. The molecule has 0 radical (unpaired) electrons. The second-order valence-electron chi connectivity index (χ2n) is 5.18. The molecule has 128 valence electrons. The van der Waals surface area contributed by atoms with Gasteiger partial charge in [-0.05, 0) is 39.4 Å². The van der Waals surface area contributed by atoms with E-state index in [1.807, 2.05) is 38.1 Å². The number of thiophene rings is 1. The fraction of sp³-hybridized carbons (Fsp3) is 0.294. The number of nitrogens with two attached hydrogens (primary N) is 1. The maximum absolute atomic E-state index is 12.7. The molecule has 0 aliphatic carbocycles. The zero-order chi connectivity index (χ0) is 17.5. The van der Waals surface area contributed by atoms with Gasteiger partial charge in [0.2, 0.25) is 5.91 Å². The van der Waals surface area contributed by atoms with Crippen molar-refractivity contribution in [3.05, 3.63) is 56.7 Å². The van der Waals surface area contributed by atoms with Crippen LogP contribution in [0.4, 0.5) is 0 Å². The van der Waals surface area contributed by atoms with Crippen LogP contribution in [0, 0.1) is 5.92 Å². The van der Waals surface area contributed by atoms with E-state index in [0.29, 0.717) is 5.17 Å². The maximum Gasteiger partial charge on any atom is 0.229 e. The molecule has 0 saturated carbocycles. The summed E-state index contributed by atoms with van der Waals surface area (Å²) in [4.78, 5) is 13.9. The number of benzene rings is 1. The Morgan fingerprint density at radius 1 is 1.33 bits per heavy atom. The normalized spacial score (nSPS) is 14.2. The van der Waals surface area contributed by atoms with Gasteiger partial charge in [0.05, 0.1) is 3.79 Å². The summed E-state index contributed by atoms with van der Waals surface area (Å²) in [5.41, 5.74) is 1.11. The number of halogens is 1. The van der Waals surface area contributed by atoms with Crippen molar-refractivity contribution >= 4 is 50.1 Å². The topological polar surface area (TPSA) is 67.5 Å². The van der Waals surface area contributed by atoms with Crippen LogP contribution in [0.15, 0.2) is 51.4 Å². The second kappa shape index (κ2) is 9.25. The van der Waals surface area contributed by atoms with E-state index in [-0.39, 0.29) is 17.7 Å². The third-order valence-corrected chi connectivity index (χ3v) is 6.08. The standard InChI is InChI=1S/C17H20BrN3OS2/c1-3-23-17(21-19)20-16(22)11(2)15(12-7-5-4-6-8-12)13-9-10-14(18)24-13/h4-11,15H,3,19H2,1-2H3,(H,20,21,22)/t11-,15-/m1/s1. The molecular weight excluding hydrogens is 406 g/mol. The highest BCUT2D eigenvalue weighted by Gasteiger charge is 2.29. The Morgan fingerprint density at radius 3 is 2.58 bits per heavy atom. The number of nitrogens with zero attached hydrogens (tertiary/aromatic N) is 1. The molecule has 2 rings (SSSR count). The van der Waals surface area contributed by atoms with E-state index < -0.39 is 0 Å². The Balaban J connectivity index is 2.28. The van der Waals surface area contributed by atoms with Crippen LogP contribution in [0.5, 0.6) is 0 Å². The second-order valence-corrected chi connectivity index (χ2v) is 8.92. The van der Waals surface area contributed by atoms with Gasteiger partial charge in [-0.1, -0.05) is 55.9 Å². The number of thioether (sulfide) groups is 1. The van der Waals surface area contributed by atoms with Crippen LogP contribution in [-0.2, 0) is 4.79 Å². The first-order chi connectivity index (χ1) is 11.6. The fourth-order valence-electron chi connectivity index (χ4n) is 2.47. The van der Waals surface area contributed by atoms with Gasteiger partial charge >= 0.3 is 0 Å². The molecule has 7 heteroatoms. The molecule has 1 aromatic carbocycles. The largest absolute Gasteiger partial charge is 0.321 e. The van der Waals surface area contributed by atoms with Crippen molar-refractivity contribution < 1.29 is 4.79 Å². The highest BCUT2D eigenvalue weighted by molar-refractivity contribution is 9.11. The average Bonchev–Trinajstić information content (AvgIpc) is 3.01. The van der Waals surface area contributed by atoms with E-state index in [9.17, 15) is 4.79 Å². The molecule has 4 nitrogen and oxygen atoms in total.